The Bertz CT molecular complexity index is 981. The van der Waals surface area contributed by atoms with E-state index in [9.17, 15) is 9.59 Å². The van der Waals surface area contributed by atoms with Gasteiger partial charge in [0.2, 0.25) is 5.43 Å². The first-order chi connectivity index (χ1) is 12.7. The van der Waals surface area contributed by atoms with E-state index in [-0.39, 0.29) is 23.0 Å². The topological polar surface area (TPSA) is 62.4 Å². The van der Waals surface area contributed by atoms with Gasteiger partial charge >= 0.3 is 0 Å². The zero-order valence-electron chi connectivity index (χ0n) is 14.4. The van der Waals surface area contributed by atoms with Gasteiger partial charge in [0.1, 0.15) is 5.56 Å². The molecule has 0 spiro atoms. The number of ether oxygens (including phenoxy) is 1. The maximum Gasteiger partial charge on any atom is 0.259 e. The molecule has 1 unspecified atom stereocenters. The fourth-order valence-corrected chi connectivity index (χ4v) is 3.40. The fourth-order valence-electron chi connectivity index (χ4n) is 3.40. The maximum absolute atomic E-state index is 12.9. The quantitative estimate of drug-likeness (QED) is 0.791. The molecule has 0 radical (unpaired) electrons. The Morgan fingerprint density at radius 2 is 1.88 bits per heavy atom. The maximum atomic E-state index is 12.9. The summed E-state index contributed by atoms with van der Waals surface area (Å²) in [6.07, 6.45) is 2.21. The molecule has 5 heteroatoms. The van der Waals surface area contributed by atoms with Gasteiger partial charge in [-0.05, 0) is 17.7 Å². The molecule has 2 aromatic carbocycles. The van der Waals surface area contributed by atoms with Crippen LogP contribution in [0.2, 0.25) is 0 Å². The molecular formula is C21H20N2O3. The molecule has 132 valence electrons. The number of rotatable bonds is 3. The molecule has 5 nitrogen and oxygen atoms in total. The summed E-state index contributed by atoms with van der Waals surface area (Å²) in [4.78, 5) is 30.4. The summed E-state index contributed by atoms with van der Waals surface area (Å²) in [5, 5.41) is 0.535. The second-order valence-electron chi connectivity index (χ2n) is 6.51. The molecule has 1 saturated heterocycles. The Balaban J connectivity index is 1.54. The van der Waals surface area contributed by atoms with Gasteiger partial charge < -0.3 is 14.6 Å². The number of pyridine rings is 1. The lowest BCUT2D eigenvalue weighted by molar-refractivity contribution is -0.0208. The Hall–Kier alpha value is -2.92. The lowest BCUT2D eigenvalue weighted by atomic mass is 10.1. The number of nitrogens with zero attached hydrogens (tertiary/aromatic N) is 1. The first kappa shape index (κ1) is 16.5. The van der Waals surface area contributed by atoms with Crippen LogP contribution < -0.4 is 5.43 Å². The van der Waals surface area contributed by atoms with E-state index >= 15 is 0 Å². The molecule has 26 heavy (non-hydrogen) atoms. The smallest absolute Gasteiger partial charge is 0.259 e. The number of carbonyl (C=O) groups is 1. The Labute approximate surface area is 151 Å². The van der Waals surface area contributed by atoms with E-state index in [0.29, 0.717) is 25.1 Å². The van der Waals surface area contributed by atoms with Gasteiger partial charge in [0.15, 0.2) is 0 Å². The van der Waals surface area contributed by atoms with E-state index in [1.54, 1.807) is 17.0 Å². The number of morpholine rings is 1. The van der Waals surface area contributed by atoms with E-state index in [4.69, 9.17) is 4.74 Å². The van der Waals surface area contributed by atoms with Crippen molar-refractivity contribution in [1.29, 1.82) is 0 Å². The SMILES string of the molecule is O=C(c1c[nH]c2ccccc2c1=O)N1CCOC(Cc2ccccc2)C1. The summed E-state index contributed by atoms with van der Waals surface area (Å²) >= 11 is 0. The summed E-state index contributed by atoms with van der Waals surface area (Å²) < 4.78 is 5.82. The summed E-state index contributed by atoms with van der Waals surface area (Å²) in [7, 11) is 0. The van der Waals surface area contributed by atoms with E-state index in [1.165, 1.54) is 11.8 Å². The molecule has 0 saturated carbocycles. The van der Waals surface area contributed by atoms with Gasteiger partial charge in [0.25, 0.3) is 5.91 Å². The van der Waals surface area contributed by atoms with Gasteiger partial charge in [0.05, 0.1) is 12.7 Å². The van der Waals surface area contributed by atoms with Gasteiger partial charge in [-0.2, -0.15) is 0 Å². The van der Waals surface area contributed by atoms with Crippen LogP contribution in [0.4, 0.5) is 0 Å². The average Bonchev–Trinajstić information content (AvgIpc) is 2.69. The van der Waals surface area contributed by atoms with Crippen molar-refractivity contribution < 1.29 is 9.53 Å². The number of amides is 1. The second kappa shape index (κ2) is 7.14. The van der Waals surface area contributed by atoms with Crippen molar-refractivity contribution in [3.8, 4) is 0 Å². The molecule has 1 aliphatic rings. The van der Waals surface area contributed by atoms with Crippen LogP contribution in [0.25, 0.3) is 10.9 Å². The van der Waals surface area contributed by atoms with Gasteiger partial charge in [-0.1, -0.05) is 42.5 Å². The largest absolute Gasteiger partial charge is 0.374 e. The summed E-state index contributed by atoms with van der Waals surface area (Å²) in [5.74, 6) is -0.238. The third-order valence-electron chi connectivity index (χ3n) is 4.75. The lowest BCUT2D eigenvalue weighted by Gasteiger charge is -2.33. The number of hydrogen-bond acceptors (Lipinski definition) is 3. The number of aromatic amines is 1. The van der Waals surface area contributed by atoms with E-state index in [1.807, 2.05) is 30.3 Å². The number of para-hydroxylation sites is 1. The second-order valence-corrected chi connectivity index (χ2v) is 6.51. The molecule has 1 N–H and O–H groups in total. The van der Waals surface area contributed by atoms with Crippen LogP contribution in [0, 0.1) is 0 Å². The summed E-state index contributed by atoms with van der Waals surface area (Å²) in [6.45, 7) is 1.46. The van der Waals surface area contributed by atoms with Crippen LogP contribution >= 0.6 is 0 Å². The number of aromatic nitrogens is 1. The zero-order chi connectivity index (χ0) is 17.9. The van der Waals surface area contributed by atoms with Crippen LogP contribution in [0.5, 0.6) is 0 Å². The number of nitrogens with one attached hydrogen (secondary N) is 1. The number of fused-ring (bicyclic) bond motifs is 1. The fraction of sp³-hybridized carbons (Fsp3) is 0.238. The number of H-pyrrole nitrogens is 1. The Kier molecular flexibility index (Phi) is 4.54. The van der Waals surface area contributed by atoms with E-state index < -0.39 is 0 Å². The molecule has 1 fully saturated rings. The number of hydrogen-bond donors (Lipinski definition) is 1. The monoisotopic (exact) mass is 348 g/mol. The van der Waals surface area contributed by atoms with Crippen LogP contribution in [0.15, 0.2) is 65.6 Å². The molecule has 2 heterocycles. The summed E-state index contributed by atoms with van der Waals surface area (Å²) in [6, 6.07) is 17.3. The molecule has 3 aromatic rings. The minimum atomic E-state index is -0.238. The van der Waals surface area contributed by atoms with Gasteiger partial charge in [-0.25, -0.2) is 0 Å². The van der Waals surface area contributed by atoms with Gasteiger partial charge in [-0.3, -0.25) is 9.59 Å². The Morgan fingerprint density at radius 1 is 1.12 bits per heavy atom. The standard InChI is InChI=1S/C21H20N2O3/c24-20-17-8-4-5-9-19(17)22-13-18(20)21(25)23-10-11-26-16(14-23)12-15-6-2-1-3-7-15/h1-9,13,16H,10-12,14H2,(H,22,24). The van der Waals surface area contributed by atoms with Crippen LogP contribution in [0.1, 0.15) is 15.9 Å². The van der Waals surface area contributed by atoms with Crippen LogP contribution in [-0.4, -0.2) is 41.6 Å². The van der Waals surface area contributed by atoms with Crippen molar-refractivity contribution in [2.24, 2.45) is 0 Å². The highest BCUT2D eigenvalue weighted by molar-refractivity contribution is 5.97. The molecule has 1 atom stereocenters. The van der Waals surface area contributed by atoms with Crippen molar-refractivity contribution in [2.75, 3.05) is 19.7 Å². The van der Waals surface area contributed by atoms with Crippen molar-refractivity contribution in [2.45, 2.75) is 12.5 Å². The molecular weight excluding hydrogens is 328 g/mol. The molecule has 4 rings (SSSR count). The first-order valence-corrected chi connectivity index (χ1v) is 8.77. The van der Waals surface area contributed by atoms with Crippen molar-refractivity contribution >= 4 is 16.8 Å². The minimum Gasteiger partial charge on any atom is -0.374 e. The van der Waals surface area contributed by atoms with E-state index in [2.05, 4.69) is 17.1 Å². The van der Waals surface area contributed by atoms with Crippen LogP contribution in [0.3, 0.4) is 0 Å². The third-order valence-corrected chi connectivity index (χ3v) is 4.75. The first-order valence-electron chi connectivity index (χ1n) is 8.77. The predicted octanol–water partition coefficient (Wildman–Crippen LogP) is 2.61. The highest BCUT2D eigenvalue weighted by Crippen LogP contribution is 2.14. The van der Waals surface area contributed by atoms with Crippen LogP contribution in [-0.2, 0) is 11.2 Å². The third kappa shape index (κ3) is 3.26. The molecule has 0 bridgehead atoms. The minimum absolute atomic E-state index is 0.0605. The molecule has 1 amide bonds. The van der Waals surface area contributed by atoms with Crippen molar-refractivity contribution in [1.82, 2.24) is 9.88 Å². The molecule has 1 aliphatic heterocycles. The Morgan fingerprint density at radius 3 is 2.73 bits per heavy atom. The number of carbonyl (C=O) groups excluding carboxylic acids is 1. The van der Waals surface area contributed by atoms with Crippen molar-refractivity contribution in [3.63, 3.8) is 0 Å². The number of benzene rings is 2. The molecule has 1 aromatic heterocycles. The lowest BCUT2D eigenvalue weighted by Crippen LogP contribution is -2.47. The zero-order valence-corrected chi connectivity index (χ0v) is 14.4. The van der Waals surface area contributed by atoms with Gasteiger partial charge in [0, 0.05) is 36.6 Å². The van der Waals surface area contributed by atoms with Gasteiger partial charge in [-0.15, -0.1) is 0 Å². The predicted molar refractivity (Wildman–Crippen MR) is 100 cm³/mol. The highest BCUT2D eigenvalue weighted by atomic mass is 16.5. The van der Waals surface area contributed by atoms with E-state index in [0.717, 1.165) is 11.9 Å². The normalized spacial score (nSPS) is 17.4. The molecule has 0 aliphatic carbocycles. The average molecular weight is 348 g/mol. The summed E-state index contributed by atoms with van der Waals surface area (Å²) in [5.41, 5.74) is 1.87. The van der Waals surface area contributed by atoms with Crippen molar-refractivity contribution in [3.05, 3.63) is 82.1 Å². The highest BCUT2D eigenvalue weighted by Gasteiger charge is 2.27.